The maximum Gasteiger partial charge on any atom is 0.213 e. The predicted molar refractivity (Wildman–Crippen MR) is 70.5 cm³/mol. The molecule has 104 valence electrons. The molecule has 1 heterocycles. The Balaban J connectivity index is 0.00000289. The molecule has 6 nitrogen and oxygen atoms in total. The van der Waals surface area contributed by atoms with Crippen molar-refractivity contribution in [3.63, 3.8) is 0 Å². The Morgan fingerprint density at radius 3 is 2.17 bits per heavy atom. The number of halogens is 1. The molecular formula is C11H19ClN2O4. The molecular weight excluding hydrogens is 260 g/mol. The van der Waals surface area contributed by atoms with E-state index in [9.17, 15) is 0 Å². The number of aliphatic hydroxyl groups excluding tert-OH is 3. The molecule has 0 aliphatic carbocycles. The number of hydrogen-bond donors (Lipinski definition) is 3. The van der Waals surface area contributed by atoms with Crippen molar-refractivity contribution in [1.29, 1.82) is 0 Å². The highest BCUT2D eigenvalue weighted by atomic mass is 35.5. The fraction of sp³-hybridized carbons (Fsp3) is 0.545. The summed E-state index contributed by atoms with van der Waals surface area (Å²) in [5.41, 5.74) is 0.810. The maximum atomic E-state index is 8.90. The Morgan fingerprint density at radius 1 is 1.06 bits per heavy atom. The molecule has 1 aromatic heterocycles. The third-order valence-electron chi connectivity index (χ3n) is 2.17. The van der Waals surface area contributed by atoms with Gasteiger partial charge in [0.1, 0.15) is 6.61 Å². The summed E-state index contributed by atoms with van der Waals surface area (Å²) in [4.78, 5) is 5.89. The van der Waals surface area contributed by atoms with Crippen molar-refractivity contribution in [2.24, 2.45) is 0 Å². The zero-order valence-electron chi connectivity index (χ0n) is 10.0. The van der Waals surface area contributed by atoms with E-state index < -0.39 is 0 Å². The number of aliphatic hydroxyl groups is 3. The average molecular weight is 279 g/mol. The zero-order chi connectivity index (χ0) is 12.5. The van der Waals surface area contributed by atoms with E-state index in [-0.39, 0.29) is 38.8 Å². The van der Waals surface area contributed by atoms with Crippen molar-refractivity contribution in [2.75, 3.05) is 44.4 Å². The second kappa shape index (κ2) is 9.90. The van der Waals surface area contributed by atoms with E-state index in [4.69, 9.17) is 20.1 Å². The van der Waals surface area contributed by atoms with Gasteiger partial charge in [0.05, 0.1) is 31.7 Å². The summed E-state index contributed by atoms with van der Waals surface area (Å²) >= 11 is 0. The molecule has 0 radical (unpaired) electrons. The Labute approximate surface area is 112 Å². The van der Waals surface area contributed by atoms with Crippen molar-refractivity contribution in [1.82, 2.24) is 4.98 Å². The second-order valence-electron chi connectivity index (χ2n) is 3.36. The normalized spacial score (nSPS) is 9.72. The molecule has 0 spiro atoms. The number of nitrogens with zero attached hydrogens (tertiary/aromatic N) is 2. The molecule has 0 unspecified atom stereocenters. The van der Waals surface area contributed by atoms with Gasteiger partial charge in [0.2, 0.25) is 5.88 Å². The summed E-state index contributed by atoms with van der Waals surface area (Å²) in [5.74, 6) is 0.441. The lowest BCUT2D eigenvalue weighted by Crippen LogP contribution is -2.29. The van der Waals surface area contributed by atoms with E-state index in [0.29, 0.717) is 19.0 Å². The van der Waals surface area contributed by atoms with E-state index in [2.05, 4.69) is 4.98 Å². The van der Waals surface area contributed by atoms with Crippen molar-refractivity contribution < 1.29 is 20.1 Å². The molecule has 0 amide bonds. The molecule has 0 fully saturated rings. The number of hydrogen-bond acceptors (Lipinski definition) is 6. The quantitative estimate of drug-likeness (QED) is 0.603. The summed E-state index contributed by atoms with van der Waals surface area (Å²) in [7, 11) is 0. The van der Waals surface area contributed by atoms with Crippen LogP contribution in [0.5, 0.6) is 5.88 Å². The monoisotopic (exact) mass is 278 g/mol. The van der Waals surface area contributed by atoms with Gasteiger partial charge >= 0.3 is 0 Å². The fourth-order valence-corrected chi connectivity index (χ4v) is 1.41. The van der Waals surface area contributed by atoms with Gasteiger partial charge in [-0.05, 0) is 6.07 Å². The van der Waals surface area contributed by atoms with Crippen LogP contribution in [0, 0.1) is 0 Å². The van der Waals surface area contributed by atoms with Gasteiger partial charge < -0.3 is 25.0 Å². The van der Waals surface area contributed by atoms with Crippen molar-refractivity contribution in [3.8, 4) is 5.88 Å². The number of pyridine rings is 1. The van der Waals surface area contributed by atoms with Gasteiger partial charge in [-0.25, -0.2) is 4.98 Å². The average Bonchev–Trinajstić information content (AvgIpc) is 2.37. The van der Waals surface area contributed by atoms with Gasteiger partial charge in [-0.2, -0.15) is 0 Å². The number of aromatic nitrogens is 1. The molecule has 18 heavy (non-hydrogen) atoms. The van der Waals surface area contributed by atoms with Gasteiger partial charge in [0.15, 0.2) is 0 Å². The molecule has 0 atom stereocenters. The zero-order valence-corrected chi connectivity index (χ0v) is 10.8. The Hall–Kier alpha value is -1.08. The fourth-order valence-electron chi connectivity index (χ4n) is 1.41. The lowest BCUT2D eigenvalue weighted by molar-refractivity contribution is 0.196. The Kier molecular flexibility index (Phi) is 9.31. The van der Waals surface area contributed by atoms with Crippen molar-refractivity contribution in [3.05, 3.63) is 18.3 Å². The lowest BCUT2D eigenvalue weighted by Gasteiger charge is -2.22. The van der Waals surface area contributed by atoms with Gasteiger partial charge in [0.25, 0.3) is 0 Å². The van der Waals surface area contributed by atoms with Crippen molar-refractivity contribution >= 4 is 18.1 Å². The molecule has 0 saturated heterocycles. The summed E-state index contributed by atoms with van der Waals surface area (Å²) < 4.78 is 5.13. The van der Waals surface area contributed by atoms with Crippen LogP contribution in [0.25, 0.3) is 0 Å². The van der Waals surface area contributed by atoms with E-state index >= 15 is 0 Å². The largest absolute Gasteiger partial charge is 0.475 e. The highest BCUT2D eigenvalue weighted by Gasteiger charge is 2.06. The molecule has 0 aromatic carbocycles. The van der Waals surface area contributed by atoms with E-state index in [1.165, 1.54) is 0 Å². The van der Waals surface area contributed by atoms with Gasteiger partial charge in [0, 0.05) is 19.2 Å². The molecule has 7 heteroatoms. The molecule has 0 saturated carbocycles. The maximum absolute atomic E-state index is 8.90. The summed E-state index contributed by atoms with van der Waals surface area (Å²) in [6.45, 7) is 1.08. The third kappa shape index (κ3) is 5.50. The number of ether oxygens (including phenoxy) is 1. The molecule has 0 aliphatic heterocycles. The van der Waals surface area contributed by atoms with Gasteiger partial charge in [-0.3, -0.25) is 0 Å². The van der Waals surface area contributed by atoms with Gasteiger partial charge in [-0.1, -0.05) is 0 Å². The second-order valence-corrected chi connectivity index (χ2v) is 3.36. The molecule has 1 rings (SSSR count). The summed E-state index contributed by atoms with van der Waals surface area (Å²) in [6.07, 6.45) is 1.61. The van der Waals surface area contributed by atoms with Crippen LogP contribution in [-0.2, 0) is 0 Å². The first-order valence-corrected chi connectivity index (χ1v) is 5.48. The standard InChI is InChI=1S/C11H18N2O4.ClH/c14-5-3-13(4-6-15)10-1-2-11(12-9-10)17-8-7-16;/h1-2,9,14-16H,3-8H2;1H. The van der Waals surface area contributed by atoms with Crippen LogP contribution in [0.3, 0.4) is 0 Å². The first-order valence-electron chi connectivity index (χ1n) is 5.48. The minimum atomic E-state index is -0.0510. The molecule has 3 N–H and O–H groups in total. The molecule has 1 aromatic rings. The number of rotatable bonds is 8. The lowest BCUT2D eigenvalue weighted by atomic mass is 10.3. The SMILES string of the molecule is Cl.OCCOc1ccc(N(CCO)CCO)cn1. The van der Waals surface area contributed by atoms with Gasteiger partial charge in [-0.15, -0.1) is 12.4 Å². The minimum absolute atomic E-state index is 0. The summed E-state index contributed by atoms with van der Waals surface area (Å²) in [5, 5.41) is 26.4. The number of anilines is 1. The van der Waals surface area contributed by atoms with E-state index in [1.54, 1.807) is 18.3 Å². The van der Waals surface area contributed by atoms with Crippen LogP contribution in [0.15, 0.2) is 18.3 Å². The van der Waals surface area contributed by atoms with Crippen LogP contribution in [-0.4, -0.2) is 59.8 Å². The summed E-state index contributed by atoms with van der Waals surface area (Å²) in [6, 6.07) is 3.48. The highest BCUT2D eigenvalue weighted by molar-refractivity contribution is 5.85. The van der Waals surface area contributed by atoms with E-state index in [0.717, 1.165) is 5.69 Å². The highest BCUT2D eigenvalue weighted by Crippen LogP contribution is 2.15. The van der Waals surface area contributed by atoms with Crippen LogP contribution in [0.2, 0.25) is 0 Å². The van der Waals surface area contributed by atoms with Crippen LogP contribution in [0.4, 0.5) is 5.69 Å². The van der Waals surface area contributed by atoms with E-state index in [1.807, 2.05) is 4.90 Å². The first-order chi connectivity index (χ1) is 8.31. The van der Waals surface area contributed by atoms with Crippen LogP contribution >= 0.6 is 12.4 Å². The predicted octanol–water partition coefficient (Wildman–Crippen LogP) is -0.335. The van der Waals surface area contributed by atoms with Crippen molar-refractivity contribution in [2.45, 2.75) is 0 Å². The topological polar surface area (TPSA) is 86.1 Å². The van der Waals surface area contributed by atoms with Crippen LogP contribution in [0.1, 0.15) is 0 Å². The third-order valence-corrected chi connectivity index (χ3v) is 2.17. The Bertz CT molecular complexity index is 304. The van der Waals surface area contributed by atoms with Crippen LogP contribution < -0.4 is 9.64 Å². The minimum Gasteiger partial charge on any atom is -0.475 e. The first kappa shape index (κ1) is 16.9. The molecule has 0 bridgehead atoms. The smallest absolute Gasteiger partial charge is 0.213 e. The molecule has 0 aliphatic rings. The Morgan fingerprint density at radius 2 is 1.72 bits per heavy atom.